The van der Waals surface area contributed by atoms with Gasteiger partial charge in [0.05, 0.1) is 11.4 Å². The van der Waals surface area contributed by atoms with Gasteiger partial charge in [-0.2, -0.15) is 4.91 Å². The van der Waals surface area contributed by atoms with E-state index in [0.717, 1.165) is 5.56 Å². The lowest BCUT2D eigenvalue weighted by atomic mass is 10.1. The van der Waals surface area contributed by atoms with E-state index in [9.17, 15) is 14.8 Å². The van der Waals surface area contributed by atoms with Crippen molar-refractivity contribution in [2.24, 2.45) is 11.1 Å². The molecule has 0 fully saturated rings. The molecule has 2 rings (SSSR count). The maximum atomic E-state index is 11.9. The maximum absolute atomic E-state index is 11.9. The Morgan fingerprint density at radius 1 is 1.30 bits per heavy atom. The Kier molecular flexibility index (Phi) is 4.02. The van der Waals surface area contributed by atoms with Crippen LogP contribution in [0.4, 0.5) is 0 Å². The Hall–Kier alpha value is -2.37. The SMILES string of the molecule is CC(C)Cc1[nH]c(=O)n(-c2ccc(CN=O)cc2)c1O. The van der Waals surface area contributed by atoms with Gasteiger partial charge < -0.3 is 10.1 Å². The normalized spacial score (nSPS) is 10.9. The van der Waals surface area contributed by atoms with Gasteiger partial charge >= 0.3 is 5.69 Å². The van der Waals surface area contributed by atoms with Gasteiger partial charge in [-0.1, -0.05) is 31.2 Å². The fourth-order valence-electron chi connectivity index (χ4n) is 2.09. The second-order valence-corrected chi connectivity index (χ2v) is 5.12. The van der Waals surface area contributed by atoms with Gasteiger partial charge in [-0.3, -0.25) is 0 Å². The molecular weight excluding hydrogens is 258 g/mol. The lowest BCUT2D eigenvalue weighted by molar-refractivity contribution is 0.430. The highest BCUT2D eigenvalue weighted by atomic mass is 16.3. The zero-order chi connectivity index (χ0) is 14.7. The minimum absolute atomic E-state index is 0.0648. The molecule has 0 saturated heterocycles. The van der Waals surface area contributed by atoms with Gasteiger partial charge in [0.25, 0.3) is 0 Å². The molecule has 1 aromatic heterocycles. The first-order valence-electron chi connectivity index (χ1n) is 6.44. The predicted octanol–water partition coefficient (Wildman–Crippen LogP) is 2.34. The van der Waals surface area contributed by atoms with Gasteiger partial charge in [-0.05, 0) is 30.0 Å². The van der Waals surface area contributed by atoms with Crippen molar-refractivity contribution in [2.45, 2.75) is 26.8 Å². The first-order valence-corrected chi connectivity index (χ1v) is 6.44. The summed E-state index contributed by atoms with van der Waals surface area (Å²) in [7, 11) is 0. The molecule has 106 valence electrons. The van der Waals surface area contributed by atoms with Gasteiger partial charge in [-0.25, -0.2) is 9.36 Å². The van der Waals surface area contributed by atoms with Gasteiger partial charge in [0.1, 0.15) is 6.54 Å². The van der Waals surface area contributed by atoms with Crippen molar-refractivity contribution < 1.29 is 5.11 Å². The van der Waals surface area contributed by atoms with Crippen LogP contribution in [0.1, 0.15) is 25.1 Å². The Labute approximate surface area is 116 Å². The molecule has 0 bridgehead atoms. The molecule has 0 aliphatic heterocycles. The number of nitrogens with one attached hydrogen (secondary N) is 1. The van der Waals surface area contributed by atoms with Crippen molar-refractivity contribution >= 4 is 0 Å². The summed E-state index contributed by atoms with van der Waals surface area (Å²) in [6.07, 6.45) is 0.598. The summed E-state index contributed by atoms with van der Waals surface area (Å²) >= 11 is 0. The Balaban J connectivity index is 2.39. The summed E-state index contributed by atoms with van der Waals surface area (Å²) in [5.41, 5.74) is 1.46. The minimum atomic E-state index is -0.376. The number of imidazole rings is 1. The lowest BCUT2D eigenvalue weighted by Gasteiger charge is -2.05. The number of rotatable bonds is 5. The smallest absolute Gasteiger partial charge is 0.333 e. The second-order valence-electron chi connectivity index (χ2n) is 5.12. The summed E-state index contributed by atoms with van der Waals surface area (Å²) in [5, 5.41) is 13.0. The Morgan fingerprint density at radius 3 is 2.50 bits per heavy atom. The van der Waals surface area contributed by atoms with Crippen LogP contribution in [0, 0.1) is 10.8 Å². The zero-order valence-electron chi connectivity index (χ0n) is 11.5. The van der Waals surface area contributed by atoms with Crippen molar-refractivity contribution in [3.05, 3.63) is 50.9 Å². The van der Waals surface area contributed by atoms with E-state index < -0.39 is 0 Å². The maximum Gasteiger partial charge on any atom is 0.333 e. The number of hydrogen-bond acceptors (Lipinski definition) is 4. The van der Waals surface area contributed by atoms with Crippen LogP contribution in [-0.4, -0.2) is 14.7 Å². The van der Waals surface area contributed by atoms with Gasteiger partial charge in [-0.15, -0.1) is 0 Å². The Morgan fingerprint density at radius 2 is 1.95 bits per heavy atom. The fraction of sp³-hybridized carbons (Fsp3) is 0.357. The molecule has 0 spiro atoms. The van der Waals surface area contributed by atoms with Gasteiger partial charge in [0.15, 0.2) is 0 Å². The zero-order valence-corrected chi connectivity index (χ0v) is 11.5. The summed E-state index contributed by atoms with van der Waals surface area (Å²) in [5.74, 6) is 0.262. The van der Waals surface area contributed by atoms with Crippen LogP contribution < -0.4 is 5.69 Å². The van der Waals surface area contributed by atoms with Crippen LogP contribution in [-0.2, 0) is 13.0 Å². The topological polar surface area (TPSA) is 87.5 Å². The third-order valence-electron chi connectivity index (χ3n) is 3.00. The molecule has 6 nitrogen and oxygen atoms in total. The highest BCUT2D eigenvalue weighted by Crippen LogP contribution is 2.21. The standard InChI is InChI=1S/C14H17N3O3/c1-9(2)7-12-13(18)17(14(19)16-12)11-5-3-10(4-6-11)8-15-20/h3-6,9,18H,7-8H2,1-2H3,(H,16,19). The van der Waals surface area contributed by atoms with E-state index in [1.165, 1.54) is 4.57 Å². The van der Waals surface area contributed by atoms with E-state index in [2.05, 4.69) is 10.2 Å². The molecular formula is C14H17N3O3. The third-order valence-corrected chi connectivity index (χ3v) is 3.00. The number of benzene rings is 1. The Bertz CT molecular complexity index is 653. The van der Waals surface area contributed by atoms with Crippen LogP contribution in [0.2, 0.25) is 0 Å². The largest absolute Gasteiger partial charge is 0.493 e. The summed E-state index contributed by atoms with van der Waals surface area (Å²) < 4.78 is 1.22. The van der Waals surface area contributed by atoms with Crippen LogP contribution in [0.3, 0.4) is 0 Å². The van der Waals surface area contributed by atoms with E-state index >= 15 is 0 Å². The van der Waals surface area contributed by atoms with Crippen molar-refractivity contribution in [2.75, 3.05) is 0 Å². The monoisotopic (exact) mass is 275 g/mol. The van der Waals surface area contributed by atoms with Crippen molar-refractivity contribution in [3.63, 3.8) is 0 Å². The quantitative estimate of drug-likeness (QED) is 0.821. The molecule has 0 aliphatic carbocycles. The molecule has 2 aromatic rings. The molecule has 0 atom stereocenters. The van der Waals surface area contributed by atoms with E-state index in [1.807, 2.05) is 13.8 Å². The summed E-state index contributed by atoms with van der Waals surface area (Å²) in [6, 6.07) is 6.76. The molecule has 1 aromatic carbocycles. The molecule has 2 N–H and O–H groups in total. The summed E-state index contributed by atoms with van der Waals surface area (Å²) in [6.45, 7) is 4.11. The third kappa shape index (κ3) is 2.79. The van der Waals surface area contributed by atoms with Crippen molar-refractivity contribution in [3.8, 4) is 11.6 Å². The number of aromatic amines is 1. The van der Waals surface area contributed by atoms with Gasteiger partial charge in [0, 0.05) is 0 Å². The van der Waals surface area contributed by atoms with Crippen LogP contribution in [0.5, 0.6) is 5.88 Å². The highest BCUT2D eigenvalue weighted by molar-refractivity contribution is 5.39. The van der Waals surface area contributed by atoms with Crippen LogP contribution in [0.15, 0.2) is 34.2 Å². The lowest BCUT2D eigenvalue weighted by Crippen LogP contribution is -2.14. The van der Waals surface area contributed by atoms with Crippen molar-refractivity contribution in [1.29, 1.82) is 0 Å². The molecule has 20 heavy (non-hydrogen) atoms. The van der Waals surface area contributed by atoms with E-state index in [1.54, 1.807) is 24.3 Å². The number of aromatic nitrogens is 2. The van der Waals surface area contributed by atoms with E-state index in [4.69, 9.17) is 0 Å². The van der Waals surface area contributed by atoms with Crippen LogP contribution >= 0.6 is 0 Å². The first-order chi connectivity index (χ1) is 9.52. The molecule has 6 heteroatoms. The molecule has 0 aliphatic rings. The predicted molar refractivity (Wildman–Crippen MR) is 76.1 cm³/mol. The minimum Gasteiger partial charge on any atom is -0.493 e. The number of nitroso groups, excluding NO2 is 1. The molecule has 0 radical (unpaired) electrons. The first kappa shape index (κ1) is 14.0. The number of H-pyrrole nitrogens is 1. The average molecular weight is 275 g/mol. The molecule has 0 saturated carbocycles. The molecule has 0 unspecified atom stereocenters. The number of nitrogens with zero attached hydrogens (tertiary/aromatic N) is 2. The van der Waals surface area contributed by atoms with E-state index in [0.29, 0.717) is 23.7 Å². The van der Waals surface area contributed by atoms with Gasteiger partial charge in [0.2, 0.25) is 5.88 Å². The highest BCUT2D eigenvalue weighted by Gasteiger charge is 2.15. The summed E-state index contributed by atoms with van der Waals surface area (Å²) in [4.78, 5) is 24.8. The number of aromatic hydroxyl groups is 1. The van der Waals surface area contributed by atoms with Crippen LogP contribution in [0.25, 0.3) is 5.69 Å². The second kappa shape index (κ2) is 5.73. The number of hydrogen-bond donors (Lipinski definition) is 2. The van der Waals surface area contributed by atoms with E-state index in [-0.39, 0.29) is 18.1 Å². The average Bonchev–Trinajstić information content (AvgIpc) is 2.65. The molecule has 0 amide bonds. The van der Waals surface area contributed by atoms with Crippen molar-refractivity contribution in [1.82, 2.24) is 9.55 Å². The fourth-order valence-corrected chi connectivity index (χ4v) is 2.09. The molecule has 1 heterocycles.